The summed E-state index contributed by atoms with van der Waals surface area (Å²) in [5.74, 6) is 1.70. The predicted molar refractivity (Wildman–Crippen MR) is 84.5 cm³/mol. The van der Waals surface area contributed by atoms with Crippen LogP contribution >= 0.6 is 47.8 Å². The molecule has 0 saturated heterocycles. The van der Waals surface area contributed by atoms with Crippen molar-refractivity contribution in [3.63, 3.8) is 0 Å². The number of anilines is 1. The molecule has 1 aromatic rings. The van der Waals surface area contributed by atoms with Crippen molar-refractivity contribution < 1.29 is 0 Å². The molecule has 1 aromatic carbocycles. The molecule has 0 bridgehead atoms. The van der Waals surface area contributed by atoms with Crippen LogP contribution in [0.5, 0.6) is 0 Å². The summed E-state index contributed by atoms with van der Waals surface area (Å²) in [5, 5.41) is 3.61. The van der Waals surface area contributed by atoms with Crippen LogP contribution in [-0.4, -0.2) is 6.04 Å². The van der Waals surface area contributed by atoms with E-state index < -0.39 is 0 Å². The molecular weight excluding hydrogens is 410 g/mol. The van der Waals surface area contributed by atoms with Gasteiger partial charge in [0.05, 0.1) is 5.69 Å². The molecule has 0 heterocycles. The van der Waals surface area contributed by atoms with Gasteiger partial charge in [-0.15, -0.1) is 0 Å². The highest BCUT2D eigenvalue weighted by molar-refractivity contribution is 9.11. The second kappa shape index (κ2) is 5.62. The maximum Gasteiger partial charge on any atom is 0.0631 e. The van der Waals surface area contributed by atoms with Crippen LogP contribution < -0.4 is 5.32 Å². The Hall–Kier alpha value is 0.460. The van der Waals surface area contributed by atoms with Crippen molar-refractivity contribution in [3.8, 4) is 0 Å². The zero-order valence-corrected chi connectivity index (χ0v) is 14.7. The standard InChI is InChI=1S/C13H16Br3N/c1-7(2)8-3-10(4-8)17-13-11(15)5-9(14)6-12(13)16/h5-8,10,17H,3-4H2,1-2H3. The van der Waals surface area contributed by atoms with Crippen LogP contribution in [0, 0.1) is 11.8 Å². The van der Waals surface area contributed by atoms with Gasteiger partial charge < -0.3 is 5.32 Å². The summed E-state index contributed by atoms with van der Waals surface area (Å²) < 4.78 is 3.29. The zero-order chi connectivity index (χ0) is 12.6. The van der Waals surface area contributed by atoms with E-state index in [1.807, 2.05) is 0 Å². The first-order chi connectivity index (χ1) is 7.97. The van der Waals surface area contributed by atoms with Crippen molar-refractivity contribution in [2.24, 2.45) is 11.8 Å². The van der Waals surface area contributed by atoms with Gasteiger partial charge in [-0.3, -0.25) is 0 Å². The lowest BCUT2D eigenvalue weighted by molar-refractivity contribution is 0.211. The SMILES string of the molecule is CC(C)C1CC(Nc2c(Br)cc(Br)cc2Br)C1. The summed E-state index contributed by atoms with van der Waals surface area (Å²) in [5.41, 5.74) is 1.17. The highest BCUT2D eigenvalue weighted by Gasteiger charge is 2.31. The Morgan fingerprint density at radius 2 is 1.65 bits per heavy atom. The van der Waals surface area contributed by atoms with Gasteiger partial charge in [0.25, 0.3) is 0 Å². The van der Waals surface area contributed by atoms with Crippen molar-refractivity contribution in [1.82, 2.24) is 0 Å². The minimum atomic E-state index is 0.621. The Balaban J connectivity index is 2.01. The van der Waals surface area contributed by atoms with Crippen LogP contribution in [0.25, 0.3) is 0 Å². The molecule has 0 unspecified atom stereocenters. The van der Waals surface area contributed by atoms with Gasteiger partial charge in [-0.1, -0.05) is 29.8 Å². The van der Waals surface area contributed by atoms with E-state index in [1.54, 1.807) is 0 Å². The molecule has 0 spiro atoms. The molecule has 1 fully saturated rings. The summed E-state index contributed by atoms with van der Waals surface area (Å²) in [6.07, 6.45) is 2.57. The maximum atomic E-state index is 3.61. The van der Waals surface area contributed by atoms with Gasteiger partial charge in [0.1, 0.15) is 0 Å². The molecule has 1 N–H and O–H groups in total. The Kier molecular flexibility index (Phi) is 4.59. The highest BCUT2D eigenvalue weighted by Crippen LogP contribution is 2.40. The first-order valence-electron chi connectivity index (χ1n) is 5.88. The van der Waals surface area contributed by atoms with Crippen LogP contribution in [0.15, 0.2) is 25.6 Å². The molecule has 1 aliphatic carbocycles. The maximum absolute atomic E-state index is 3.61. The average molecular weight is 426 g/mol. The van der Waals surface area contributed by atoms with E-state index >= 15 is 0 Å². The van der Waals surface area contributed by atoms with E-state index in [-0.39, 0.29) is 0 Å². The lowest BCUT2D eigenvalue weighted by atomic mass is 9.73. The number of hydrogen-bond donors (Lipinski definition) is 1. The fourth-order valence-corrected chi connectivity index (χ4v) is 4.70. The third kappa shape index (κ3) is 3.27. The number of hydrogen-bond acceptors (Lipinski definition) is 1. The lowest BCUT2D eigenvalue weighted by Crippen LogP contribution is -2.38. The van der Waals surface area contributed by atoms with Crippen LogP contribution in [0.2, 0.25) is 0 Å². The molecule has 0 radical (unpaired) electrons. The molecular formula is C13H16Br3N. The molecule has 1 nitrogen and oxygen atoms in total. The molecule has 17 heavy (non-hydrogen) atoms. The van der Waals surface area contributed by atoms with Crippen LogP contribution in [0.1, 0.15) is 26.7 Å². The molecule has 94 valence electrons. The first-order valence-corrected chi connectivity index (χ1v) is 8.26. The highest BCUT2D eigenvalue weighted by atomic mass is 79.9. The number of rotatable bonds is 3. The number of nitrogens with one attached hydrogen (secondary N) is 1. The number of halogens is 3. The minimum absolute atomic E-state index is 0.621. The summed E-state index contributed by atoms with van der Waals surface area (Å²) in [6, 6.07) is 4.77. The van der Waals surface area contributed by atoms with Gasteiger partial charge in [-0.2, -0.15) is 0 Å². The van der Waals surface area contributed by atoms with Crippen molar-refractivity contribution in [3.05, 3.63) is 25.6 Å². The van der Waals surface area contributed by atoms with E-state index in [0.717, 1.165) is 25.3 Å². The Morgan fingerprint density at radius 3 is 2.12 bits per heavy atom. The largest absolute Gasteiger partial charge is 0.380 e. The summed E-state index contributed by atoms with van der Waals surface area (Å²) >= 11 is 10.7. The van der Waals surface area contributed by atoms with Gasteiger partial charge in [-0.05, 0) is 68.7 Å². The average Bonchev–Trinajstić information content (AvgIpc) is 2.12. The van der Waals surface area contributed by atoms with E-state index in [9.17, 15) is 0 Å². The smallest absolute Gasteiger partial charge is 0.0631 e. The van der Waals surface area contributed by atoms with Gasteiger partial charge >= 0.3 is 0 Å². The predicted octanol–water partition coefficient (Wildman–Crippen LogP) is 5.82. The topological polar surface area (TPSA) is 12.0 Å². The van der Waals surface area contributed by atoms with Crippen molar-refractivity contribution in [2.75, 3.05) is 5.32 Å². The quantitative estimate of drug-likeness (QED) is 0.643. The molecule has 2 rings (SSSR count). The van der Waals surface area contributed by atoms with E-state index in [0.29, 0.717) is 6.04 Å². The molecule has 0 aromatic heterocycles. The monoisotopic (exact) mass is 423 g/mol. The second-order valence-electron chi connectivity index (χ2n) is 5.06. The van der Waals surface area contributed by atoms with E-state index in [1.165, 1.54) is 18.5 Å². The van der Waals surface area contributed by atoms with E-state index in [2.05, 4.69) is 79.1 Å². The minimum Gasteiger partial charge on any atom is -0.380 e. The van der Waals surface area contributed by atoms with Crippen LogP contribution in [-0.2, 0) is 0 Å². The summed E-state index contributed by atoms with van der Waals surface area (Å²) in [7, 11) is 0. The van der Waals surface area contributed by atoms with Crippen LogP contribution in [0.3, 0.4) is 0 Å². The zero-order valence-electron chi connectivity index (χ0n) is 9.93. The first kappa shape index (κ1) is 13.9. The molecule has 1 saturated carbocycles. The normalized spacial score (nSPS) is 23.6. The van der Waals surface area contributed by atoms with Crippen molar-refractivity contribution >= 4 is 53.5 Å². The Bertz CT molecular complexity index is 388. The fraction of sp³-hybridized carbons (Fsp3) is 0.538. The Morgan fingerprint density at radius 1 is 1.12 bits per heavy atom. The molecule has 4 heteroatoms. The van der Waals surface area contributed by atoms with Crippen molar-refractivity contribution in [2.45, 2.75) is 32.7 Å². The van der Waals surface area contributed by atoms with Crippen molar-refractivity contribution in [1.29, 1.82) is 0 Å². The van der Waals surface area contributed by atoms with Gasteiger partial charge in [0.15, 0.2) is 0 Å². The number of benzene rings is 1. The molecule has 0 amide bonds. The summed E-state index contributed by atoms with van der Waals surface area (Å²) in [4.78, 5) is 0. The third-order valence-corrected chi connectivity index (χ3v) is 5.18. The van der Waals surface area contributed by atoms with Crippen LogP contribution in [0.4, 0.5) is 5.69 Å². The van der Waals surface area contributed by atoms with Gasteiger partial charge in [0, 0.05) is 19.5 Å². The van der Waals surface area contributed by atoms with Gasteiger partial charge in [-0.25, -0.2) is 0 Å². The second-order valence-corrected chi connectivity index (χ2v) is 7.69. The molecule has 0 aliphatic heterocycles. The lowest BCUT2D eigenvalue weighted by Gasteiger charge is -2.39. The van der Waals surface area contributed by atoms with Gasteiger partial charge in [0.2, 0.25) is 0 Å². The molecule has 0 atom stereocenters. The fourth-order valence-electron chi connectivity index (χ4n) is 2.21. The summed E-state index contributed by atoms with van der Waals surface area (Å²) in [6.45, 7) is 4.62. The third-order valence-electron chi connectivity index (χ3n) is 3.47. The molecule has 1 aliphatic rings. The Labute approximate surface area is 128 Å². The van der Waals surface area contributed by atoms with E-state index in [4.69, 9.17) is 0 Å².